The molecule has 0 aliphatic heterocycles. The Bertz CT molecular complexity index is 1360. The van der Waals surface area contributed by atoms with E-state index >= 15 is 0 Å². The van der Waals surface area contributed by atoms with E-state index in [2.05, 4.69) is 25.4 Å². The predicted octanol–water partition coefficient (Wildman–Crippen LogP) is 4.15. The molecule has 1 aromatic carbocycles. The summed E-state index contributed by atoms with van der Waals surface area (Å²) in [7, 11) is -3.98. The third-order valence-electron chi connectivity index (χ3n) is 6.79. The van der Waals surface area contributed by atoms with Crippen molar-refractivity contribution < 1.29 is 23.5 Å². The maximum absolute atomic E-state index is 13.5. The van der Waals surface area contributed by atoms with E-state index < -0.39 is 19.8 Å². The molecule has 0 unspecified atom stereocenters. The second-order valence-electron chi connectivity index (χ2n) is 9.71. The van der Waals surface area contributed by atoms with Crippen LogP contribution in [0.5, 0.6) is 5.75 Å². The number of nitrogens with zero attached hydrogens (tertiary/aromatic N) is 4. The zero-order chi connectivity index (χ0) is 26.7. The lowest BCUT2D eigenvalue weighted by atomic mass is 10.1. The van der Waals surface area contributed by atoms with Crippen LogP contribution in [0, 0.1) is 5.92 Å². The predicted molar refractivity (Wildman–Crippen MR) is 143 cm³/mol. The van der Waals surface area contributed by atoms with E-state index in [1.165, 1.54) is 19.8 Å². The maximum Gasteiger partial charge on any atom is 0.459 e. The fourth-order valence-electron chi connectivity index (χ4n) is 4.82. The number of carbonyl (C=O) groups is 1. The van der Waals surface area contributed by atoms with Gasteiger partial charge in [0, 0.05) is 12.0 Å². The summed E-state index contributed by atoms with van der Waals surface area (Å²) in [5.41, 5.74) is 7.35. The summed E-state index contributed by atoms with van der Waals surface area (Å²) in [6.45, 7) is 1.44. The number of para-hydroxylation sites is 1. The average molecular weight is 542 g/mol. The SMILES string of the molecule is C[C@H](N[P@@](=O)(OC[C@@H]1C=C[C@H](n2cnc3c(NC4CCCC4)nc(N)nc32)C1)Oc1ccccc1)C(=O)O. The third kappa shape index (κ3) is 5.98. The number of anilines is 2. The van der Waals surface area contributed by atoms with E-state index in [0.29, 0.717) is 35.2 Å². The van der Waals surface area contributed by atoms with Crippen molar-refractivity contribution in [2.24, 2.45) is 5.92 Å². The summed E-state index contributed by atoms with van der Waals surface area (Å²) < 4.78 is 26.7. The highest BCUT2D eigenvalue weighted by atomic mass is 31.2. The summed E-state index contributed by atoms with van der Waals surface area (Å²) >= 11 is 0. The molecule has 0 spiro atoms. The number of hydrogen-bond donors (Lipinski definition) is 4. The van der Waals surface area contributed by atoms with Crippen molar-refractivity contribution in [1.29, 1.82) is 0 Å². The van der Waals surface area contributed by atoms with Crippen LogP contribution < -0.4 is 20.7 Å². The molecule has 1 fully saturated rings. The van der Waals surface area contributed by atoms with Crippen molar-refractivity contribution in [2.45, 2.75) is 57.2 Å². The Labute approximate surface area is 220 Å². The number of nitrogens with one attached hydrogen (secondary N) is 2. The van der Waals surface area contributed by atoms with E-state index in [4.69, 9.17) is 14.8 Å². The molecule has 12 nitrogen and oxygen atoms in total. The number of nitrogens with two attached hydrogens (primary N) is 1. The van der Waals surface area contributed by atoms with Gasteiger partial charge >= 0.3 is 13.7 Å². The van der Waals surface area contributed by atoms with Gasteiger partial charge in [-0.3, -0.25) is 9.32 Å². The summed E-state index contributed by atoms with van der Waals surface area (Å²) in [6.07, 6.45) is 10.9. The Morgan fingerprint density at radius 1 is 1.24 bits per heavy atom. The molecule has 0 bridgehead atoms. The highest BCUT2D eigenvalue weighted by Crippen LogP contribution is 2.46. The number of allylic oxidation sites excluding steroid dienone is 1. The van der Waals surface area contributed by atoms with Crippen LogP contribution in [-0.4, -0.2) is 49.3 Å². The summed E-state index contributed by atoms with van der Waals surface area (Å²) in [6, 6.07) is 7.66. The van der Waals surface area contributed by atoms with Crippen LogP contribution in [0.3, 0.4) is 0 Å². The molecule has 4 atom stereocenters. The van der Waals surface area contributed by atoms with E-state index in [0.717, 1.165) is 12.8 Å². The Kier molecular flexibility index (Phi) is 7.64. The van der Waals surface area contributed by atoms with Crippen molar-refractivity contribution >= 4 is 36.6 Å². The number of hydrogen-bond acceptors (Lipinski definition) is 9. The summed E-state index contributed by atoms with van der Waals surface area (Å²) in [5.74, 6) is -0.120. The topological polar surface area (TPSA) is 167 Å². The third-order valence-corrected chi connectivity index (χ3v) is 8.43. The smallest absolute Gasteiger partial charge is 0.459 e. The number of imidazole rings is 1. The molecule has 2 aliphatic carbocycles. The molecule has 5 N–H and O–H groups in total. The molecule has 1 saturated carbocycles. The van der Waals surface area contributed by atoms with Crippen LogP contribution >= 0.6 is 7.75 Å². The van der Waals surface area contributed by atoms with Crippen LogP contribution in [0.4, 0.5) is 11.8 Å². The van der Waals surface area contributed by atoms with Gasteiger partial charge in [0.25, 0.3) is 0 Å². The molecule has 13 heteroatoms. The molecule has 3 aromatic rings. The molecule has 2 aliphatic rings. The average Bonchev–Trinajstić information content (AvgIpc) is 3.64. The van der Waals surface area contributed by atoms with Gasteiger partial charge in [0.15, 0.2) is 17.0 Å². The van der Waals surface area contributed by atoms with Gasteiger partial charge in [-0.1, -0.05) is 43.2 Å². The van der Waals surface area contributed by atoms with Gasteiger partial charge in [-0.05, 0) is 38.3 Å². The lowest BCUT2D eigenvalue weighted by Gasteiger charge is -2.23. The number of fused-ring (bicyclic) bond motifs is 1. The Balaban J connectivity index is 1.27. The highest BCUT2D eigenvalue weighted by Gasteiger charge is 2.33. The molecule has 202 valence electrons. The minimum atomic E-state index is -3.98. The summed E-state index contributed by atoms with van der Waals surface area (Å²) in [4.78, 5) is 24.8. The molecular formula is C25H32N7O5P. The van der Waals surface area contributed by atoms with Gasteiger partial charge in [-0.2, -0.15) is 15.1 Å². The van der Waals surface area contributed by atoms with Gasteiger partial charge in [0.1, 0.15) is 11.8 Å². The lowest BCUT2D eigenvalue weighted by Crippen LogP contribution is -2.33. The van der Waals surface area contributed by atoms with Gasteiger partial charge in [0.2, 0.25) is 5.95 Å². The first kappa shape index (κ1) is 26.1. The molecule has 2 aromatic heterocycles. The Morgan fingerprint density at radius 3 is 2.74 bits per heavy atom. The largest absolute Gasteiger partial charge is 0.480 e. The van der Waals surface area contributed by atoms with E-state index in [1.54, 1.807) is 36.7 Å². The number of carboxylic acid groups (broad SMARTS) is 1. The fraction of sp³-hybridized carbons (Fsp3) is 0.440. The number of aliphatic carboxylic acids is 1. The second kappa shape index (κ2) is 11.1. The van der Waals surface area contributed by atoms with Crippen LogP contribution in [0.2, 0.25) is 0 Å². The second-order valence-corrected chi connectivity index (χ2v) is 11.4. The Morgan fingerprint density at radius 2 is 2.00 bits per heavy atom. The van der Waals surface area contributed by atoms with Gasteiger partial charge in [0.05, 0.1) is 19.0 Å². The fourth-order valence-corrected chi connectivity index (χ4v) is 6.37. The first-order chi connectivity index (χ1) is 18.3. The van der Waals surface area contributed by atoms with Crippen LogP contribution in [0.25, 0.3) is 11.2 Å². The van der Waals surface area contributed by atoms with Crippen LogP contribution in [-0.2, 0) is 13.9 Å². The zero-order valence-electron chi connectivity index (χ0n) is 21.1. The van der Waals surface area contributed by atoms with Crippen molar-refractivity contribution in [2.75, 3.05) is 17.7 Å². The van der Waals surface area contributed by atoms with Gasteiger partial charge in [-0.15, -0.1) is 0 Å². The molecule has 5 rings (SSSR count). The van der Waals surface area contributed by atoms with Crippen molar-refractivity contribution in [3.8, 4) is 5.75 Å². The van der Waals surface area contributed by atoms with E-state index in [1.807, 2.05) is 16.7 Å². The van der Waals surface area contributed by atoms with Crippen LogP contribution in [0.15, 0.2) is 48.8 Å². The minimum Gasteiger partial charge on any atom is -0.480 e. The van der Waals surface area contributed by atoms with Crippen molar-refractivity contribution in [3.05, 3.63) is 48.8 Å². The Hall–Kier alpha value is -3.47. The number of rotatable bonds is 11. The van der Waals surface area contributed by atoms with E-state index in [-0.39, 0.29) is 24.5 Å². The molecular weight excluding hydrogens is 509 g/mol. The van der Waals surface area contributed by atoms with E-state index in [9.17, 15) is 14.5 Å². The van der Waals surface area contributed by atoms with Gasteiger partial charge < -0.3 is 25.2 Å². The first-order valence-corrected chi connectivity index (χ1v) is 14.3. The van der Waals surface area contributed by atoms with Crippen LogP contribution in [0.1, 0.15) is 45.1 Å². The van der Waals surface area contributed by atoms with Crippen molar-refractivity contribution in [3.63, 3.8) is 0 Å². The minimum absolute atomic E-state index is 0.0642. The number of benzene rings is 1. The monoisotopic (exact) mass is 541 g/mol. The van der Waals surface area contributed by atoms with Gasteiger partial charge in [-0.25, -0.2) is 9.55 Å². The lowest BCUT2D eigenvalue weighted by molar-refractivity contribution is -0.138. The zero-order valence-corrected chi connectivity index (χ0v) is 22.0. The highest BCUT2D eigenvalue weighted by molar-refractivity contribution is 7.52. The number of nitrogen functional groups attached to an aromatic ring is 1. The quantitative estimate of drug-likeness (QED) is 0.203. The molecule has 38 heavy (non-hydrogen) atoms. The molecule has 0 radical (unpaired) electrons. The number of aromatic nitrogens is 4. The molecule has 0 amide bonds. The first-order valence-electron chi connectivity index (χ1n) is 12.7. The summed E-state index contributed by atoms with van der Waals surface area (Å²) in [5, 5.41) is 15.3. The normalized spacial score (nSPS) is 21.9. The maximum atomic E-state index is 13.5. The number of carboxylic acids is 1. The molecule has 2 heterocycles. The molecule has 0 saturated heterocycles. The van der Waals surface area contributed by atoms with Crippen molar-refractivity contribution in [1.82, 2.24) is 24.6 Å². The standard InChI is InChI=1S/C25H32N7O5P/c1-16(24(33)34)31-38(35,37-20-9-3-2-4-10-20)36-14-17-11-12-19(13-17)32-15-27-21-22(28-18-7-5-6-8-18)29-25(26)30-23(21)32/h2-4,9-12,15-19H,5-8,13-14H2,1H3,(H,31,35)(H,33,34)(H3,26,28,29,30)/t16-,17+,19-,38+/m0/s1.